The van der Waals surface area contributed by atoms with Crippen LogP contribution >= 0.6 is 15.9 Å². The molecule has 0 aliphatic heterocycles. The highest BCUT2D eigenvalue weighted by Crippen LogP contribution is 2.29. The smallest absolute Gasteiger partial charge is 0.0149 e. The van der Waals surface area contributed by atoms with Gasteiger partial charge in [0.15, 0.2) is 0 Å². The molecule has 1 aliphatic rings. The summed E-state index contributed by atoms with van der Waals surface area (Å²) in [5.41, 5.74) is 5.48. The fourth-order valence-corrected chi connectivity index (χ4v) is 2.02. The predicted octanol–water partition coefficient (Wildman–Crippen LogP) is 1.51. The van der Waals surface area contributed by atoms with Crippen LogP contribution in [-0.4, -0.2) is 11.4 Å². The third-order valence-corrected chi connectivity index (χ3v) is 2.64. The van der Waals surface area contributed by atoms with Crippen molar-refractivity contribution in [2.24, 2.45) is 11.7 Å². The molecular weight excluding hydrogens is 166 g/mol. The van der Waals surface area contributed by atoms with E-state index in [1.807, 2.05) is 0 Å². The van der Waals surface area contributed by atoms with Crippen LogP contribution in [-0.2, 0) is 0 Å². The average Bonchev–Trinajstić information content (AvgIpc) is 2.14. The lowest BCUT2D eigenvalue weighted by Crippen LogP contribution is -2.10. The van der Waals surface area contributed by atoms with E-state index in [4.69, 9.17) is 5.73 Å². The van der Waals surface area contributed by atoms with Crippen LogP contribution in [0.15, 0.2) is 0 Å². The summed E-state index contributed by atoms with van der Waals surface area (Å²) in [7, 11) is 0. The van der Waals surface area contributed by atoms with Gasteiger partial charge in [0.05, 0.1) is 0 Å². The number of nitrogens with two attached hydrogens (primary N) is 1. The van der Waals surface area contributed by atoms with Crippen LogP contribution in [0.2, 0.25) is 0 Å². The SMILES string of the molecule is NCC1CCC(Br)C1. The minimum Gasteiger partial charge on any atom is -0.330 e. The van der Waals surface area contributed by atoms with E-state index in [9.17, 15) is 0 Å². The largest absolute Gasteiger partial charge is 0.330 e. The fourth-order valence-electron chi connectivity index (χ4n) is 1.23. The number of alkyl halides is 1. The lowest BCUT2D eigenvalue weighted by atomic mass is 10.1. The van der Waals surface area contributed by atoms with Crippen LogP contribution in [0.25, 0.3) is 0 Å². The molecule has 1 aliphatic carbocycles. The molecule has 1 saturated carbocycles. The van der Waals surface area contributed by atoms with Crippen LogP contribution in [0.1, 0.15) is 19.3 Å². The van der Waals surface area contributed by atoms with Crippen molar-refractivity contribution in [3.05, 3.63) is 0 Å². The molecule has 2 N–H and O–H groups in total. The second kappa shape index (κ2) is 2.83. The maximum Gasteiger partial charge on any atom is 0.0149 e. The zero-order chi connectivity index (χ0) is 5.98. The quantitative estimate of drug-likeness (QED) is 0.605. The first-order valence-corrected chi connectivity index (χ1v) is 4.08. The summed E-state index contributed by atoms with van der Waals surface area (Å²) in [6, 6.07) is 0. The fraction of sp³-hybridized carbons (Fsp3) is 1.00. The summed E-state index contributed by atoms with van der Waals surface area (Å²) < 4.78 is 0. The van der Waals surface area contributed by atoms with Gasteiger partial charge in [0.25, 0.3) is 0 Å². The molecule has 0 saturated heterocycles. The van der Waals surface area contributed by atoms with Gasteiger partial charge in [0, 0.05) is 4.83 Å². The Kier molecular flexibility index (Phi) is 2.32. The Bertz CT molecular complexity index is 74.9. The lowest BCUT2D eigenvalue weighted by Gasteiger charge is -2.01. The van der Waals surface area contributed by atoms with Gasteiger partial charge in [-0.25, -0.2) is 0 Å². The molecule has 48 valence electrons. The number of hydrogen-bond acceptors (Lipinski definition) is 1. The van der Waals surface area contributed by atoms with Crippen LogP contribution in [0.4, 0.5) is 0 Å². The Hall–Kier alpha value is 0.440. The van der Waals surface area contributed by atoms with Gasteiger partial charge < -0.3 is 5.73 Å². The average molecular weight is 178 g/mol. The van der Waals surface area contributed by atoms with Gasteiger partial charge in [0.1, 0.15) is 0 Å². The normalized spacial score (nSPS) is 38.2. The standard InChI is InChI=1S/C6H12BrN/c7-6-2-1-5(3-6)4-8/h5-6H,1-4,8H2. The first kappa shape index (κ1) is 6.56. The minimum absolute atomic E-state index is 0.760. The number of hydrogen-bond donors (Lipinski definition) is 1. The maximum absolute atomic E-state index is 5.48. The van der Waals surface area contributed by atoms with Gasteiger partial charge >= 0.3 is 0 Å². The molecular formula is C6H12BrN. The Morgan fingerprint density at radius 3 is 2.50 bits per heavy atom. The second-order valence-corrected chi connectivity index (χ2v) is 3.81. The van der Waals surface area contributed by atoms with Crippen molar-refractivity contribution >= 4 is 15.9 Å². The maximum atomic E-state index is 5.48. The molecule has 2 heteroatoms. The van der Waals surface area contributed by atoms with E-state index in [0.717, 1.165) is 17.3 Å². The molecule has 0 amide bonds. The zero-order valence-electron chi connectivity index (χ0n) is 4.94. The lowest BCUT2D eigenvalue weighted by molar-refractivity contribution is 0.564. The van der Waals surface area contributed by atoms with Crippen LogP contribution in [0.5, 0.6) is 0 Å². The van der Waals surface area contributed by atoms with E-state index in [2.05, 4.69) is 15.9 Å². The Morgan fingerprint density at radius 1 is 1.50 bits per heavy atom. The summed E-state index contributed by atoms with van der Waals surface area (Å²) in [6.07, 6.45) is 3.94. The van der Waals surface area contributed by atoms with Crippen LogP contribution in [0.3, 0.4) is 0 Å². The molecule has 0 aromatic heterocycles. The Balaban J connectivity index is 2.22. The molecule has 0 aromatic rings. The third-order valence-electron chi connectivity index (χ3n) is 1.81. The molecule has 1 fully saturated rings. The van der Waals surface area contributed by atoms with E-state index < -0.39 is 0 Å². The monoisotopic (exact) mass is 177 g/mol. The summed E-state index contributed by atoms with van der Waals surface area (Å²) in [4.78, 5) is 0.760. The number of rotatable bonds is 1. The van der Waals surface area contributed by atoms with Gasteiger partial charge in [0.2, 0.25) is 0 Å². The summed E-state index contributed by atoms with van der Waals surface area (Å²) in [6.45, 7) is 0.877. The van der Waals surface area contributed by atoms with Gasteiger partial charge in [-0.1, -0.05) is 15.9 Å². The molecule has 2 atom stereocenters. The predicted molar refractivity (Wildman–Crippen MR) is 39.1 cm³/mol. The summed E-state index contributed by atoms with van der Waals surface area (Å²) >= 11 is 3.56. The highest BCUT2D eigenvalue weighted by atomic mass is 79.9. The second-order valence-electron chi connectivity index (χ2n) is 2.51. The van der Waals surface area contributed by atoms with Crippen LogP contribution < -0.4 is 5.73 Å². The number of halogens is 1. The van der Waals surface area contributed by atoms with Crippen molar-refractivity contribution in [3.63, 3.8) is 0 Å². The first-order valence-electron chi connectivity index (χ1n) is 3.17. The molecule has 1 rings (SSSR count). The zero-order valence-corrected chi connectivity index (χ0v) is 6.52. The van der Waals surface area contributed by atoms with Crippen molar-refractivity contribution in [1.82, 2.24) is 0 Å². The molecule has 2 unspecified atom stereocenters. The molecule has 0 aromatic carbocycles. The minimum atomic E-state index is 0.760. The first-order chi connectivity index (χ1) is 3.83. The molecule has 8 heavy (non-hydrogen) atoms. The van der Waals surface area contributed by atoms with Gasteiger partial charge in [-0.2, -0.15) is 0 Å². The van der Waals surface area contributed by atoms with E-state index >= 15 is 0 Å². The molecule has 0 heterocycles. The van der Waals surface area contributed by atoms with E-state index in [-0.39, 0.29) is 0 Å². The van der Waals surface area contributed by atoms with Gasteiger partial charge in [-0.15, -0.1) is 0 Å². The van der Waals surface area contributed by atoms with Crippen LogP contribution in [0, 0.1) is 5.92 Å². The highest BCUT2D eigenvalue weighted by molar-refractivity contribution is 9.09. The van der Waals surface area contributed by atoms with E-state index in [1.54, 1.807) is 0 Å². The summed E-state index contributed by atoms with van der Waals surface area (Å²) in [5, 5.41) is 0. The van der Waals surface area contributed by atoms with Gasteiger partial charge in [-0.05, 0) is 31.7 Å². The molecule has 0 spiro atoms. The van der Waals surface area contributed by atoms with Crippen molar-refractivity contribution in [2.45, 2.75) is 24.1 Å². The highest BCUT2D eigenvalue weighted by Gasteiger charge is 2.20. The Labute approximate surface area is 58.8 Å². The van der Waals surface area contributed by atoms with Gasteiger partial charge in [-0.3, -0.25) is 0 Å². The molecule has 1 nitrogen and oxygen atoms in total. The summed E-state index contributed by atoms with van der Waals surface area (Å²) in [5.74, 6) is 0.805. The van der Waals surface area contributed by atoms with Crippen molar-refractivity contribution in [1.29, 1.82) is 0 Å². The van der Waals surface area contributed by atoms with Crippen molar-refractivity contribution in [3.8, 4) is 0 Å². The van der Waals surface area contributed by atoms with E-state index in [0.29, 0.717) is 0 Å². The van der Waals surface area contributed by atoms with Crippen molar-refractivity contribution < 1.29 is 0 Å². The van der Waals surface area contributed by atoms with E-state index in [1.165, 1.54) is 19.3 Å². The topological polar surface area (TPSA) is 26.0 Å². The third kappa shape index (κ3) is 1.46. The van der Waals surface area contributed by atoms with Crippen molar-refractivity contribution in [2.75, 3.05) is 6.54 Å². The Morgan fingerprint density at radius 2 is 2.25 bits per heavy atom. The molecule has 0 radical (unpaired) electrons. The molecule has 0 bridgehead atoms.